The highest BCUT2D eigenvalue weighted by atomic mass is 19.1. The van der Waals surface area contributed by atoms with E-state index in [4.69, 9.17) is 0 Å². The van der Waals surface area contributed by atoms with Crippen LogP contribution in [0.2, 0.25) is 0 Å². The molecular weight excluding hydrogens is 315 g/mol. The molecule has 0 saturated heterocycles. The third-order valence-electron chi connectivity index (χ3n) is 3.73. The second-order valence-corrected chi connectivity index (χ2v) is 5.48. The van der Waals surface area contributed by atoms with Crippen LogP contribution in [0.15, 0.2) is 66.7 Å². The summed E-state index contributed by atoms with van der Waals surface area (Å²) < 4.78 is 12.8. The van der Waals surface area contributed by atoms with Crippen LogP contribution in [0.25, 0.3) is 10.8 Å². The highest BCUT2D eigenvalue weighted by molar-refractivity contribution is 5.86. The second-order valence-electron chi connectivity index (χ2n) is 5.48. The van der Waals surface area contributed by atoms with Gasteiger partial charge in [-0.15, -0.1) is 0 Å². The van der Waals surface area contributed by atoms with Crippen LogP contribution in [0.4, 0.5) is 9.18 Å². The molecule has 25 heavy (non-hydrogen) atoms. The predicted molar refractivity (Wildman–Crippen MR) is 97.5 cm³/mol. The first-order valence-corrected chi connectivity index (χ1v) is 7.95. The first-order valence-electron chi connectivity index (χ1n) is 7.95. The van der Waals surface area contributed by atoms with Gasteiger partial charge in [0.15, 0.2) is 0 Å². The van der Waals surface area contributed by atoms with Crippen molar-refractivity contribution < 1.29 is 9.18 Å². The summed E-state index contributed by atoms with van der Waals surface area (Å²) in [6.45, 7) is 0.664. The third-order valence-corrected chi connectivity index (χ3v) is 3.73. The average molecular weight is 332 g/mol. The van der Waals surface area contributed by atoms with Crippen molar-refractivity contribution >= 4 is 16.8 Å². The zero-order valence-electron chi connectivity index (χ0n) is 13.6. The number of amides is 2. The highest BCUT2D eigenvalue weighted by Crippen LogP contribution is 2.18. The maximum absolute atomic E-state index is 12.8. The van der Waals surface area contributed by atoms with Crippen LogP contribution < -0.4 is 10.6 Å². The van der Waals surface area contributed by atoms with Crippen LogP contribution in [0.3, 0.4) is 0 Å². The molecule has 2 amide bonds. The van der Waals surface area contributed by atoms with Crippen LogP contribution >= 0.6 is 0 Å². The van der Waals surface area contributed by atoms with Gasteiger partial charge in [0, 0.05) is 12.1 Å². The fraction of sp³-hybridized carbons (Fsp3) is 0.0952. The van der Waals surface area contributed by atoms with Crippen molar-refractivity contribution in [1.82, 2.24) is 10.6 Å². The standard InChI is InChI=1S/C21H17FN2O/c22-19-12-10-16(11-13-19)5-4-14-23-21(25)24-15-18-8-3-7-17-6-1-2-9-20(17)18/h1-3,6-13H,14-15H2,(H2,23,24,25). The molecule has 0 aliphatic heterocycles. The lowest BCUT2D eigenvalue weighted by molar-refractivity contribution is 0.241. The molecule has 0 spiro atoms. The minimum atomic E-state index is -0.295. The molecule has 0 atom stereocenters. The van der Waals surface area contributed by atoms with Gasteiger partial charge in [0.05, 0.1) is 6.54 Å². The SMILES string of the molecule is O=C(NCC#Cc1ccc(F)cc1)NCc1cccc2ccccc12. The number of nitrogens with one attached hydrogen (secondary N) is 2. The van der Waals surface area contributed by atoms with Gasteiger partial charge in [-0.2, -0.15) is 0 Å². The molecule has 0 radical (unpaired) electrons. The Morgan fingerprint density at radius 1 is 0.920 bits per heavy atom. The van der Waals surface area contributed by atoms with Gasteiger partial charge in [-0.3, -0.25) is 0 Å². The lowest BCUT2D eigenvalue weighted by Gasteiger charge is -2.08. The summed E-state index contributed by atoms with van der Waals surface area (Å²) in [4.78, 5) is 11.9. The molecule has 3 aromatic rings. The summed E-state index contributed by atoms with van der Waals surface area (Å²) in [5.41, 5.74) is 1.77. The zero-order valence-corrected chi connectivity index (χ0v) is 13.6. The monoisotopic (exact) mass is 332 g/mol. The van der Waals surface area contributed by atoms with E-state index in [2.05, 4.69) is 22.5 Å². The fourth-order valence-corrected chi connectivity index (χ4v) is 2.49. The van der Waals surface area contributed by atoms with E-state index < -0.39 is 0 Å². The number of carbonyl (C=O) groups is 1. The largest absolute Gasteiger partial charge is 0.334 e. The van der Waals surface area contributed by atoms with Crippen LogP contribution in [0.1, 0.15) is 11.1 Å². The van der Waals surface area contributed by atoms with E-state index in [0.29, 0.717) is 12.1 Å². The molecule has 3 rings (SSSR count). The van der Waals surface area contributed by atoms with Crippen molar-refractivity contribution in [3.63, 3.8) is 0 Å². The van der Waals surface area contributed by atoms with Crippen LogP contribution in [0, 0.1) is 17.7 Å². The van der Waals surface area contributed by atoms with E-state index in [1.54, 1.807) is 12.1 Å². The number of urea groups is 1. The normalized spacial score (nSPS) is 9.96. The number of carbonyl (C=O) groups excluding carboxylic acids is 1. The molecule has 3 nitrogen and oxygen atoms in total. The van der Waals surface area contributed by atoms with Crippen molar-refractivity contribution in [3.8, 4) is 11.8 Å². The van der Waals surface area contributed by atoms with E-state index >= 15 is 0 Å². The second kappa shape index (κ2) is 7.98. The molecule has 0 aromatic heterocycles. The molecule has 2 N–H and O–H groups in total. The van der Waals surface area contributed by atoms with Crippen molar-refractivity contribution in [3.05, 3.63) is 83.7 Å². The van der Waals surface area contributed by atoms with Crippen molar-refractivity contribution in [2.75, 3.05) is 6.54 Å². The van der Waals surface area contributed by atoms with Gasteiger partial charge in [0.1, 0.15) is 5.82 Å². The molecule has 124 valence electrons. The lowest BCUT2D eigenvalue weighted by Crippen LogP contribution is -2.35. The van der Waals surface area contributed by atoms with Crippen molar-refractivity contribution in [2.45, 2.75) is 6.54 Å². The number of hydrogen-bond acceptors (Lipinski definition) is 1. The summed E-state index contributed by atoms with van der Waals surface area (Å²) in [6, 6.07) is 19.7. The van der Waals surface area contributed by atoms with E-state index in [1.165, 1.54) is 12.1 Å². The van der Waals surface area contributed by atoms with E-state index in [0.717, 1.165) is 16.3 Å². The van der Waals surface area contributed by atoms with Gasteiger partial charge < -0.3 is 10.6 Å². The number of rotatable bonds is 3. The van der Waals surface area contributed by atoms with Gasteiger partial charge in [-0.05, 0) is 40.6 Å². The molecule has 0 saturated carbocycles. The molecule has 0 fully saturated rings. The topological polar surface area (TPSA) is 41.1 Å². The number of benzene rings is 3. The van der Waals surface area contributed by atoms with E-state index in [9.17, 15) is 9.18 Å². The Morgan fingerprint density at radius 3 is 2.52 bits per heavy atom. The number of fused-ring (bicyclic) bond motifs is 1. The molecule has 0 heterocycles. The maximum atomic E-state index is 12.8. The Bertz CT molecular complexity index is 934. The molecule has 0 bridgehead atoms. The molecule has 4 heteroatoms. The molecule has 0 aliphatic carbocycles. The minimum Gasteiger partial charge on any atom is -0.334 e. The predicted octanol–water partition coefficient (Wildman–Crippen LogP) is 3.83. The Morgan fingerprint density at radius 2 is 1.68 bits per heavy atom. The Balaban J connectivity index is 1.51. The van der Waals surface area contributed by atoms with Gasteiger partial charge >= 0.3 is 6.03 Å². The lowest BCUT2D eigenvalue weighted by atomic mass is 10.0. The fourth-order valence-electron chi connectivity index (χ4n) is 2.49. The van der Waals surface area contributed by atoms with Crippen LogP contribution in [0.5, 0.6) is 0 Å². The quantitative estimate of drug-likeness (QED) is 0.703. The molecule has 0 aliphatic rings. The van der Waals surface area contributed by atoms with E-state index in [-0.39, 0.29) is 18.4 Å². The number of hydrogen-bond donors (Lipinski definition) is 2. The first kappa shape index (κ1) is 16.5. The van der Waals surface area contributed by atoms with Crippen molar-refractivity contribution in [1.29, 1.82) is 0 Å². The Labute approximate surface area is 145 Å². The summed E-state index contributed by atoms with van der Waals surface area (Å²) in [7, 11) is 0. The number of halogens is 1. The average Bonchev–Trinajstić information content (AvgIpc) is 2.65. The van der Waals surface area contributed by atoms with Crippen LogP contribution in [-0.4, -0.2) is 12.6 Å². The maximum Gasteiger partial charge on any atom is 0.315 e. The van der Waals surface area contributed by atoms with Gasteiger partial charge in [-0.25, -0.2) is 9.18 Å². The van der Waals surface area contributed by atoms with Gasteiger partial charge in [0.2, 0.25) is 0 Å². The van der Waals surface area contributed by atoms with Gasteiger partial charge in [-0.1, -0.05) is 54.3 Å². The minimum absolute atomic E-state index is 0.221. The molecule has 3 aromatic carbocycles. The smallest absolute Gasteiger partial charge is 0.315 e. The van der Waals surface area contributed by atoms with Crippen LogP contribution in [-0.2, 0) is 6.54 Å². The third kappa shape index (κ3) is 4.58. The van der Waals surface area contributed by atoms with Crippen molar-refractivity contribution in [2.24, 2.45) is 0 Å². The summed E-state index contributed by atoms with van der Waals surface area (Å²) in [5, 5.41) is 7.79. The van der Waals surface area contributed by atoms with Gasteiger partial charge in [0.25, 0.3) is 0 Å². The first-order chi connectivity index (χ1) is 12.2. The zero-order chi connectivity index (χ0) is 17.5. The molecule has 0 unspecified atom stereocenters. The van der Waals surface area contributed by atoms with E-state index in [1.807, 2.05) is 42.5 Å². The Hall–Kier alpha value is -3.32. The Kier molecular flexibility index (Phi) is 5.28. The molecular formula is C21H17FN2O. The summed E-state index contributed by atoms with van der Waals surface area (Å²) in [6.07, 6.45) is 0. The summed E-state index contributed by atoms with van der Waals surface area (Å²) in [5.74, 6) is 5.41. The summed E-state index contributed by atoms with van der Waals surface area (Å²) >= 11 is 0. The highest BCUT2D eigenvalue weighted by Gasteiger charge is 2.02.